The van der Waals surface area contributed by atoms with Crippen LogP contribution in [0.2, 0.25) is 0 Å². The van der Waals surface area contributed by atoms with Gasteiger partial charge in [0.05, 0.1) is 12.7 Å². The van der Waals surface area contributed by atoms with Crippen LogP contribution in [-0.4, -0.2) is 9.72 Å². The standard InChI is InChI=1S/C13H12N2O/c1-10-2-3-11-5-7-15(13(11)8-10)9-12-4-6-14-16-12/h2-8H,9H2,1H3. The zero-order chi connectivity index (χ0) is 11.0. The van der Waals surface area contributed by atoms with Crippen LogP contribution in [-0.2, 0) is 6.54 Å². The maximum Gasteiger partial charge on any atom is 0.156 e. The molecule has 0 aliphatic rings. The third-order valence-electron chi connectivity index (χ3n) is 2.75. The molecule has 2 heterocycles. The van der Waals surface area contributed by atoms with E-state index in [0.717, 1.165) is 12.3 Å². The highest BCUT2D eigenvalue weighted by Gasteiger charge is 2.03. The summed E-state index contributed by atoms with van der Waals surface area (Å²) in [6.07, 6.45) is 3.75. The minimum Gasteiger partial charge on any atom is -0.359 e. The highest BCUT2D eigenvalue weighted by atomic mass is 16.5. The number of nitrogens with zero attached hydrogens (tertiary/aromatic N) is 2. The van der Waals surface area contributed by atoms with E-state index >= 15 is 0 Å². The summed E-state index contributed by atoms with van der Waals surface area (Å²) in [5.74, 6) is 0.874. The topological polar surface area (TPSA) is 31.0 Å². The zero-order valence-corrected chi connectivity index (χ0v) is 9.05. The second-order valence-corrected chi connectivity index (χ2v) is 3.98. The Balaban J connectivity index is 2.07. The minimum atomic E-state index is 0.729. The fourth-order valence-corrected chi connectivity index (χ4v) is 1.92. The molecule has 0 N–H and O–H groups in total. The van der Waals surface area contributed by atoms with Crippen molar-refractivity contribution in [3.8, 4) is 0 Å². The molecule has 0 bridgehead atoms. The van der Waals surface area contributed by atoms with Gasteiger partial charge in [-0.15, -0.1) is 0 Å². The first-order valence-electron chi connectivity index (χ1n) is 5.28. The van der Waals surface area contributed by atoms with Gasteiger partial charge in [-0.25, -0.2) is 0 Å². The predicted octanol–water partition coefficient (Wildman–Crippen LogP) is 2.99. The van der Waals surface area contributed by atoms with Crippen LogP contribution in [0, 0.1) is 6.92 Å². The van der Waals surface area contributed by atoms with Crippen molar-refractivity contribution >= 4 is 10.9 Å². The van der Waals surface area contributed by atoms with Crippen LogP contribution in [0.5, 0.6) is 0 Å². The van der Waals surface area contributed by atoms with E-state index in [-0.39, 0.29) is 0 Å². The molecule has 0 amide bonds. The molecule has 3 rings (SSSR count). The van der Waals surface area contributed by atoms with Gasteiger partial charge in [-0.1, -0.05) is 17.3 Å². The number of hydrogen-bond acceptors (Lipinski definition) is 2. The first-order valence-corrected chi connectivity index (χ1v) is 5.28. The number of aryl methyl sites for hydroxylation is 1. The van der Waals surface area contributed by atoms with Gasteiger partial charge < -0.3 is 9.09 Å². The van der Waals surface area contributed by atoms with E-state index in [9.17, 15) is 0 Å². The van der Waals surface area contributed by atoms with Crippen molar-refractivity contribution in [1.82, 2.24) is 9.72 Å². The Morgan fingerprint density at radius 3 is 3.00 bits per heavy atom. The van der Waals surface area contributed by atoms with Crippen molar-refractivity contribution in [2.24, 2.45) is 0 Å². The maximum absolute atomic E-state index is 5.12. The summed E-state index contributed by atoms with van der Waals surface area (Å²) in [5.41, 5.74) is 2.50. The van der Waals surface area contributed by atoms with Crippen LogP contribution in [0.1, 0.15) is 11.3 Å². The van der Waals surface area contributed by atoms with Gasteiger partial charge >= 0.3 is 0 Å². The molecular weight excluding hydrogens is 200 g/mol. The van der Waals surface area contributed by atoms with Gasteiger partial charge in [0.15, 0.2) is 5.76 Å². The van der Waals surface area contributed by atoms with Crippen LogP contribution >= 0.6 is 0 Å². The Bertz CT molecular complexity index is 608. The van der Waals surface area contributed by atoms with Crippen molar-refractivity contribution in [2.45, 2.75) is 13.5 Å². The van der Waals surface area contributed by atoms with E-state index in [0.29, 0.717) is 0 Å². The molecule has 0 spiro atoms. The highest BCUT2D eigenvalue weighted by Crippen LogP contribution is 2.18. The monoisotopic (exact) mass is 212 g/mol. The second kappa shape index (κ2) is 3.52. The summed E-state index contributed by atoms with van der Waals surface area (Å²) in [7, 11) is 0. The number of fused-ring (bicyclic) bond motifs is 1. The van der Waals surface area contributed by atoms with E-state index < -0.39 is 0 Å². The molecule has 2 aromatic heterocycles. The molecule has 0 radical (unpaired) electrons. The predicted molar refractivity (Wildman–Crippen MR) is 62.3 cm³/mol. The van der Waals surface area contributed by atoms with Crippen LogP contribution in [0.25, 0.3) is 10.9 Å². The molecule has 80 valence electrons. The Morgan fingerprint density at radius 1 is 1.25 bits per heavy atom. The molecule has 0 aliphatic carbocycles. The molecule has 3 nitrogen and oxygen atoms in total. The van der Waals surface area contributed by atoms with Gasteiger partial charge in [0, 0.05) is 17.8 Å². The second-order valence-electron chi connectivity index (χ2n) is 3.98. The van der Waals surface area contributed by atoms with Gasteiger partial charge in [0.2, 0.25) is 0 Å². The zero-order valence-electron chi connectivity index (χ0n) is 9.05. The number of aromatic nitrogens is 2. The summed E-state index contributed by atoms with van der Waals surface area (Å²) in [4.78, 5) is 0. The molecule has 0 fully saturated rings. The summed E-state index contributed by atoms with van der Waals surface area (Å²) in [6, 6.07) is 10.5. The van der Waals surface area contributed by atoms with Crippen molar-refractivity contribution in [2.75, 3.05) is 0 Å². The summed E-state index contributed by atoms with van der Waals surface area (Å²) < 4.78 is 7.28. The molecular formula is C13H12N2O. The third-order valence-corrected chi connectivity index (χ3v) is 2.75. The molecule has 16 heavy (non-hydrogen) atoms. The molecule has 0 aliphatic heterocycles. The summed E-state index contributed by atoms with van der Waals surface area (Å²) >= 11 is 0. The van der Waals surface area contributed by atoms with Crippen molar-refractivity contribution in [3.63, 3.8) is 0 Å². The maximum atomic E-state index is 5.12. The number of rotatable bonds is 2. The Hall–Kier alpha value is -2.03. The van der Waals surface area contributed by atoms with Crippen LogP contribution in [0.4, 0.5) is 0 Å². The summed E-state index contributed by atoms with van der Waals surface area (Å²) in [5, 5.41) is 4.97. The first kappa shape index (κ1) is 9.21. The average molecular weight is 212 g/mol. The van der Waals surface area contributed by atoms with E-state index in [1.54, 1.807) is 6.20 Å². The van der Waals surface area contributed by atoms with Gasteiger partial charge in [0.1, 0.15) is 0 Å². The lowest BCUT2D eigenvalue weighted by molar-refractivity contribution is 0.378. The lowest BCUT2D eigenvalue weighted by atomic mass is 10.2. The van der Waals surface area contributed by atoms with Crippen LogP contribution in [0.15, 0.2) is 47.2 Å². The van der Waals surface area contributed by atoms with Crippen molar-refractivity contribution in [1.29, 1.82) is 0 Å². The molecule has 1 aromatic carbocycles. The molecule has 3 heteroatoms. The van der Waals surface area contributed by atoms with Crippen molar-refractivity contribution in [3.05, 3.63) is 54.0 Å². The lowest BCUT2D eigenvalue weighted by Gasteiger charge is -2.02. The van der Waals surface area contributed by atoms with E-state index in [2.05, 4.69) is 47.1 Å². The van der Waals surface area contributed by atoms with Crippen molar-refractivity contribution < 1.29 is 4.52 Å². The van der Waals surface area contributed by atoms with E-state index in [4.69, 9.17) is 4.52 Å². The SMILES string of the molecule is Cc1ccc2ccn(Cc3ccno3)c2c1. The Labute approximate surface area is 93.3 Å². The molecule has 0 atom stereocenters. The van der Waals surface area contributed by atoms with Gasteiger partial charge in [-0.2, -0.15) is 0 Å². The molecule has 0 saturated carbocycles. The molecule has 0 unspecified atom stereocenters. The van der Waals surface area contributed by atoms with Gasteiger partial charge in [-0.05, 0) is 30.0 Å². The van der Waals surface area contributed by atoms with Gasteiger partial charge in [-0.3, -0.25) is 0 Å². The third kappa shape index (κ3) is 1.50. The lowest BCUT2D eigenvalue weighted by Crippen LogP contribution is -1.96. The minimum absolute atomic E-state index is 0.729. The molecule has 0 saturated heterocycles. The number of hydrogen-bond donors (Lipinski definition) is 0. The Morgan fingerprint density at radius 2 is 2.19 bits per heavy atom. The highest BCUT2D eigenvalue weighted by molar-refractivity contribution is 5.80. The number of benzene rings is 1. The largest absolute Gasteiger partial charge is 0.359 e. The fourth-order valence-electron chi connectivity index (χ4n) is 1.92. The Kier molecular flexibility index (Phi) is 2.03. The summed E-state index contributed by atoms with van der Waals surface area (Å²) in [6.45, 7) is 2.83. The van der Waals surface area contributed by atoms with Crippen LogP contribution < -0.4 is 0 Å². The van der Waals surface area contributed by atoms with Gasteiger partial charge in [0.25, 0.3) is 0 Å². The van der Waals surface area contributed by atoms with E-state index in [1.807, 2.05) is 6.07 Å². The van der Waals surface area contributed by atoms with Crippen LogP contribution in [0.3, 0.4) is 0 Å². The fraction of sp³-hybridized carbons (Fsp3) is 0.154. The smallest absolute Gasteiger partial charge is 0.156 e. The quantitative estimate of drug-likeness (QED) is 0.653. The first-order chi connectivity index (χ1) is 7.83. The molecule has 3 aromatic rings. The normalized spacial score (nSPS) is 11.1. The average Bonchev–Trinajstić information content (AvgIpc) is 2.90. The van der Waals surface area contributed by atoms with E-state index in [1.165, 1.54) is 16.5 Å².